The fourth-order valence-electron chi connectivity index (χ4n) is 2.36. The summed E-state index contributed by atoms with van der Waals surface area (Å²) >= 11 is 0. The van der Waals surface area contributed by atoms with Crippen molar-refractivity contribution in [1.82, 2.24) is 10.3 Å². The van der Waals surface area contributed by atoms with Gasteiger partial charge in [-0.3, -0.25) is 4.98 Å². The van der Waals surface area contributed by atoms with E-state index in [9.17, 15) is 0 Å². The van der Waals surface area contributed by atoms with Gasteiger partial charge in [0.25, 0.3) is 0 Å². The minimum atomic E-state index is 0.326. The number of nitrogens with one attached hydrogen (secondary N) is 1. The first-order valence-electron chi connectivity index (χ1n) is 6.00. The number of pyridine rings is 1. The normalized spacial score (nSPS) is 26.9. The van der Waals surface area contributed by atoms with Gasteiger partial charge in [0.1, 0.15) is 0 Å². The number of likely N-dealkylation sites (N-methyl/N-ethyl adjacent to an activating group) is 1. The summed E-state index contributed by atoms with van der Waals surface area (Å²) in [5.74, 6) is 0.640. The summed E-state index contributed by atoms with van der Waals surface area (Å²) < 4.78 is 5.80. The fraction of sp³-hybridized carbons (Fsp3) is 0.615. The summed E-state index contributed by atoms with van der Waals surface area (Å²) in [6, 6.07) is 6.43. The van der Waals surface area contributed by atoms with E-state index in [0.29, 0.717) is 18.1 Å². The molecule has 3 unspecified atom stereocenters. The van der Waals surface area contributed by atoms with Crippen molar-refractivity contribution in [1.29, 1.82) is 0 Å². The number of ether oxygens (including phenoxy) is 1. The second-order valence-corrected chi connectivity index (χ2v) is 4.52. The first-order valence-corrected chi connectivity index (χ1v) is 6.00. The third kappa shape index (κ3) is 2.60. The molecule has 1 N–H and O–H groups in total. The molecule has 2 rings (SSSR count). The van der Waals surface area contributed by atoms with Crippen LogP contribution in [0.4, 0.5) is 0 Å². The van der Waals surface area contributed by atoms with E-state index in [1.807, 2.05) is 25.4 Å². The van der Waals surface area contributed by atoms with E-state index < -0.39 is 0 Å². The molecule has 0 radical (unpaired) electrons. The first kappa shape index (κ1) is 11.6. The van der Waals surface area contributed by atoms with Gasteiger partial charge in [0.05, 0.1) is 6.10 Å². The van der Waals surface area contributed by atoms with E-state index in [1.54, 1.807) is 0 Å². The highest BCUT2D eigenvalue weighted by molar-refractivity contribution is 5.06. The molecule has 1 aliphatic heterocycles. The van der Waals surface area contributed by atoms with Crippen LogP contribution in [0.5, 0.6) is 0 Å². The zero-order valence-corrected chi connectivity index (χ0v) is 10.0. The van der Waals surface area contributed by atoms with E-state index >= 15 is 0 Å². The molecule has 1 fully saturated rings. The lowest BCUT2D eigenvalue weighted by molar-refractivity contribution is 0.0631. The van der Waals surface area contributed by atoms with Gasteiger partial charge in [-0.1, -0.05) is 13.0 Å². The molecule has 88 valence electrons. The maximum atomic E-state index is 5.80. The van der Waals surface area contributed by atoms with Gasteiger partial charge in [0.15, 0.2) is 0 Å². The van der Waals surface area contributed by atoms with Crippen molar-refractivity contribution in [2.24, 2.45) is 5.92 Å². The molecule has 16 heavy (non-hydrogen) atoms. The maximum Gasteiger partial charge on any atom is 0.0758 e. The molecule has 1 saturated heterocycles. The Bertz CT molecular complexity index is 315. The second kappa shape index (κ2) is 5.41. The number of hydrogen-bond donors (Lipinski definition) is 1. The van der Waals surface area contributed by atoms with Crippen LogP contribution in [-0.2, 0) is 11.2 Å². The summed E-state index contributed by atoms with van der Waals surface area (Å²) in [7, 11) is 2.00. The Morgan fingerprint density at radius 1 is 1.56 bits per heavy atom. The van der Waals surface area contributed by atoms with Gasteiger partial charge in [-0.25, -0.2) is 0 Å². The van der Waals surface area contributed by atoms with Gasteiger partial charge >= 0.3 is 0 Å². The topological polar surface area (TPSA) is 34.2 Å². The standard InChI is InChI=1S/C13H20N2O/c1-10-6-8-16-13(10)12(14-2)9-11-5-3-4-7-15-11/h3-5,7,10,12-14H,6,8-9H2,1-2H3. The van der Waals surface area contributed by atoms with Gasteiger partial charge < -0.3 is 10.1 Å². The molecule has 1 aromatic heterocycles. The van der Waals surface area contributed by atoms with E-state index in [0.717, 1.165) is 18.7 Å². The van der Waals surface area contributed by atoms with E-state index in [2.05, 4.69) is 23.3 Å². The highest BCUT2D eigenvalue weighted by Gasteiger charge is 2.31. The zero-order chi connectivity index (χ0) is 11.4. The van der Waals surface area contributed by atoms with E-state index in [4.69, 9.17) is 4.74 Å². The van der Waals surface area contributed by atoms with E-state index in [1.165, 1.54) is 6.42 Å². The molecule has 3 nitrogen and oxygen atoms in total. The number of rotatable bonds is 4. The summed E-state index contributed by atoms with van der Waals surface area (Å²) in [6.07, 6.45) is 4.28. The molecular weight excluding hydrogens is 200 g/mol. The summed E-state index contributed by atoms with van der Waals surface area (Å²) in [4.78, 5) is 4.37. The lowest BCUT2D eigenvalue weighted by Crippen LogP contribution is -2.42. The predicted octanol–water partition coefficient (Wildman–Crippen LogP) is 1.64. The average molecular weight is 220 g/mol. The van der Waals surface area contributed by atoms with Crippen molar-refractivity contribution < 1.29 is 4.74 Å². The van der Waals surface area contributed by atoms with Crippen LogP contribution in [0.1, 0.15) is 19.0 Å². The van der Waals surface area contributed by atoms with E-state index in [-0.39, 0.29) is 0 Å². The van der Waals surface area contributed by atoms with Gasteiger partial charge in [0.2, 0.25) is 0 Å². The molecule has 0 bridgehead atoms. The molecule has 3 atom stereocenters. The molecule has 0 spiro atoms. The molecule has 0 amide bonds. The van der Waals surface area contributed by atoms with Gasteiger partial charge in [-0.05, 0) is 31.5 Å². The Kier molecular flexibility index (Phi) is 3.91. The zero-order valence-electron chi connectivity index (χ0n) is 10.0. The predicted molar refractivity (Wildman–Crippen MR) is 64.3 cm³/mol. The SMILES string of the molecule is CNC(Cc1ccccn1)C1OCCC1C. The smallest absolute Gasteiger partial charge is 0.0758 e. The van der Waals surface area contributed by atoms with Crippen LogP contribution in [0.25, 0.3) is 0 Å². The van der Waals surface area contributed by atoms with Crippen molar-refractivity contribution in [3.8, 4) is 0 Å². The molecular formula is C13H20N2O. The number of hydrogen-bond acceptors (Lipinski definition) is 3. The minimum absolute atomic E-state index is 0.326. The number of nitrogens with zero attached hydrogens (tertiary/aromatic N) is 1. The van der Waals surface area contributed by atoms with Crippen LogP contribution in [0.3, 0.4) is 0 Å². The highest BCUT2D eigenvalue weighted by atomic mass is 16.5. The Hall–Kier alpha value is -0.930. The third-order valence-corrected chi connectivity index (χ3v) is 3.37. The highest BCUT2D eigenvalue weighted by Crippen LogP contribution is 2.24. The second-order valence-electron chi connectivity index (χ2n) is 4.52. The molecule has 1 aromatic rings. The largest absolute Gasteiger partial charge is 0.376 e. The van der Waals surface area contributed by atoms with Crippen molar-refractivity contribution in [2.45, 2.75) is 31.9 Å². The lowest BCUT2D eigenvalue weighted by Gasteiger charge is -2.25. The third-order valence-electron chi connectivity index (χ3n) is 3.37. The quantitative estimate of drug-likeness (QED) is 0.837. The molecule has 0 saturated carbocycles. The van der Waals surface area contributed by atoms with Crippen LogP contribution in [0, 0.1) is 5.92 Å². The van der Waals surface area contributed by atoms with Crippen LogP contribution < -0.4 is 5.32 Å². The monoisotopic (exact) mass is 220 g/mol. The molecule has 2 heterocycles. The summed E-state index contributed by atoms with van der Waals surface area (Å²) in [5.41, 5.74) is 1.13. The van der Waals surface area contributed by atoms with Gasteiger partial charge in [0, 0.05) is 31.0 Å². The Balaban J connectivity index is 2.00. The van der Waals surface area contributed by atoms with Crippen LogP contribution in [0.2, 0.25) is 0 Å². The van der Waals surface area contributed by atoms with Crippen LogP contribution >= 0.6 is 0 Å². The lowest BCUT2D eigenvalue weighted by atomic mass is 9.94. The Labute approximate surface area is 97.2 Å². The molecule has 0 aromatic carbocycles. The Morgan fingerprint density at radius 2 is 2.44 bits per heavy atom. The van der Waals surface area contributed by atoms with Gasteiger partial charge in [-0.15, -0.1) is 0 Å². The summed E-state index contributed by atoms with van der Waals surface area (Å²) in [5, 5.41) is 3.36. The fourth-order valence-corrected chi connectivity index (χ4v) is 2.36. The van der Waals surface area contributed by atoms with Crippen molar-refractivity contribution >= 4 is 0 Å². The van der Waals surface area contributed by atoms with Gasteiger partial charge in [-0.2, -0.15) is 0 Å². The van der Waals surface area contributed by atoms with Crippen LogP contribution in [-0.4, -0.2) is 30.8 Å². The number of aromatic nitrogens is 1. The average Bonchev–Trinajstić information content (AvgIpc) is 2.74. The molecule has 0 aliphatic carbocycles. The molecule has 3 heteroatoms. The van der Waals surface area contributed by atoms with Crippen molar-refractivity contribution in [3.05, 3.63) is 30.1 Å². The molecule has 1 aliphatic rings. The summed E-state index contributed by atoms with van der Waals surface area (Å²) in [6.45, 7) is 3.16. The Morgan fingerprint density at radius 3 is 3.00 bits per heavy atom. The van der Waals surface area contributed by atoms with Crippen LogP contribution in [0.15, 0.2) is 24.4 Å². The first-order chi connectivity index (χ1) is 7.81. The van der Waals surface area contributed by atoms with Crippen molar-refractivity contribution in [2.75, 3.05) is 13.7 Å². The maximum absolute atomic E-state index is 5.80. The van der Waals surface area contributed by atoms with Crippen molar-refractivity contribution in [3.63, 3.8) is 0 Å². The minimum Gasteiger partial charge on any atom is -0.376 e.